The van der Waals surface area contributed by atoms with E-state index < -0.39 is 0 Å². The largest absolute Gasteiger partial charge is 0.470 e. The van der Waals surface area contributed by atoms with E-state index in [2.05, 4.69) is 10.3 Å². The first kappa shape index (κ1) is 20.8. The van der Waals surface area contributed by atoms with Crippen molar-refractivity contribution >= 4 is 28.8 Å². The molecule has 0 saturated heterocycles. The summed E-state index contributed by atoms with van der Waals surface area (Å²) in [5.74, 6) is 0.501. The molecule has 3 aromatic rings. The van der Waals surface area contributed by atoms with E-state index in [1.165, 1.54) is 11.3 Å². The Balaban J connectivity index is 1.46. The number of hydrogen-bond acceptors (Lipinski definition) is 7. The molecule has 0 radical (unpaired) electrons. The Labute approximate surface area is 183 Å². The minimum Gasteiger partial charge on any atom is -0.470 e. The van der Waals surface area contributed by atoms with Gasteiger partial charge in [-0.1, -0.05) is 23.5 Å². The zero-order chi connectivity index (χ0) is 21.8. The number of carbonyl (C=O) groups excluding carboxylic acids is 2. The predicted octanol–water partition coefficient (Wildman–Crippen LogP) is 3.50. The molecule has 9 heteroatoms. The van der Waals surface area contributed by atoms with Crippen molar-refractivity contribution in [2.24, 2.45) is 5.73 Å². The number of nitrogens with one attached hydrogen (secondary N) is 1. The molecular weight excluding hydrogens is 416 g/mol. The molecule has 0 aliphatic carbocycles. The van der Waals surface area contributed by atoms with Gasteiger partial charge < -0.3 is 25.4 Å². The van der Waals surface area contributed by atoms with Crippen molar-refractivity contribution in [3.63, 3.8) is 0 Å². The smallest absolute Gasteiger partial charge is 0.273 e. The Hall–Kier alpha value is -3.43. The van der Waals surface area contributed by atoms with Crippen LogP contribution in [0.4, 0.5) is 5.69 Å². The second kappa shape index (κ2) is 9.15. The summed E-state index contributed by atoms with van der Waals surface area (Å²) in [5, 5.41) is 3.39. The molecule has 3 N–H and O–H groups in total. The number of nitrogens with zero attached hydrogens (tertiary/aromatic N) is 2. The number of ether oxygens (including phenoxy) is 2. The van der Waals surface area contributed by atoms with E-state index in [-0.39, 0.29) is 11.8 Å². The first-order chi connectivity index (χ1) is 15.0. The van der Waals surface area contributed by atoms with Crippen LogP contribution < -0.4 is 20.5 Å². The molecule has 0 bridgehead atoms. The topological polar surface area (TPSA) is 107 Å². The quantitative estimate of drug-likeness (QED) is 0.547. The Morgan fingerprint density at radius 1 is 1.26 bits per heavy atom. The van der Waals surface area contributed by atoms with E-state index in [4.69, 9.17) is 15.2 Å². The van der Waals surface area contributed by atoms with Gasteiger partial charge in [-0.2, -0.15) is 0 Å². The third-order valence-corrected chi connectivity index (χ3v) is 5.57. The van der Waals surface area contributed by atoms with E-state index in [0.717, 1.165) is 11.3 Å². The van der Waals surface area contributed by atoms with Crippen molar-refractivity contribution in [2.75, 3.05) is 25.5 Å². The van der Waals surface area contributed by atoms with Crippen LogP contribution in [0.5, 0.6) is 16.7 Å². The molecule has 1 aliphatic rings. The van der Waals surface area contributed by atoms with Gasteiger partial charge in [-0.15, -0.1) is 0 Å². The number of para-hydroxylation sites is 1. The Kier molecular flexibility index (Phi) is 6.15. The average molecular weight is 439 g/mol. The first-order valence-electron chi connectivity index (χ1n) is 9.80. The molecule has 0 fully saturated rings. The summed E-state index contributed by atoms with van der Waals surface area (Å²) in [4.78, 5) is 32.2. The summed E-state index contributed by atoms with van der Waals surface area (Å²) >= 11 is 1.40. The molecule has 2 heterocycles. The summed E-state index contributed by atoms with van der Waals surface area (Å²) in [6.07, 6.45) is 2.46. The fourth-order valence-corrected chi connectivity index (χ4v) is 3.93. The molecule has 1 aromatic heterocycles. The van der Waals surface area contributed by atoms with Crippen molar-refractivity contribution in [3.8, 4) is 16.7 Å². The standard InChI is InChI=1S/C22H22N4O4S/c1-26(13-15-12-24-22(31-15)29-10-4-9-23)21(28)14-7-8-19-17(11-14)25-20(27)16-5-2-3-6-18(16)30-19/h2-3,5-8,11-12H,4,9-10,13,23H2,1H3,(H,25,27). The number of rotatable bonds is 7. The van der Waals surface area contributed by atoms with E-state index in [1.807, 2.05) is 0 Å². The second-order valence-electron chi connectivity index (χ2n) is 7.01. The number of anilines is 1. The van der Waals surface area contributed by atoms with Gasteiger partial charge in [0, 0.05) is 23.7 Å². The van der Waals surface area contributed by atoms with E-state index in [9.17, 15) is 9.59 Å². The lowest BCUT2D eigenvalue weighted by Crippen LogP contribution is -2.26. The molecule has 2 aromatic carbocycles. The van der Waals surface area contributed by atoms with Crippen molar-refractivity contribution in [3.05, 3.63) is 64.7 Å². The fourth-order valence-electron chi connectivity index (χ4n) is 3.10. The summed E-state index contributed by atoms with van der Waals surface area (Å²) in [5.41, 5.74) is 6.80. The minimum atomic E-state index is -0.279. The maximum atomic E-state index is 12.9. The number of hydrogen-bond donors (Lipinski definition) is 2. The summed E-state index contributed by atoms with van der Waals surface area (Å²) in [6, 6.07) is 12.0. The first-order valence-corrected chi connectivity index (χ1v) is 10.6. The molecule has 0 saturated carbocycles. The normalized spacial score (nSPS) is 12.1. The van der Waals surface area contributed by atoms with Gasteiger partial charge >= 0.3 is 0 Å². The number of aromatic nitrogens is 1. The van der Waals surface area contributed by atoms with Crippen molar-refractivity contribution in [1.82, 2.24) is 9.88 Å². The number of nitrogens with two attached hydrogens (primary N) is 1. The van der Waals surface area contributed by atoms with Crippen LogP contribution in [-0.4, -0.2) is 41.9 Å². The van der Waals surface area contributed by atoms with Crippen LogP contribution in [0.15, 0.2) is 48.7 Å². The van der Waals surface area contributed by atoms with Crippen LogP contribution in [-0.2, 0) is 6.54 Å². The number of benzene rings is 2. The SMILES string of the molecule is CN(Cc1cnc(OCCCN)s1)C(=O)c1ccc2c(c1)NC(=O)c1ccccc1O2. The van der Waals surface area contributed by atoms with Crippen molar-refractivity contribution in [1.29, 1.82) is 0 Å². The number of thiazole rings is 1. The number of fused-ring (bicyclic) bond motifs is 2. The lowest BCUT2D eigenvalue weighted by atomic mass is 10.1. The van der Waals surface area contributed by atoms with Gasteiger partial charge in [-0.05, 0) is 43.3 Å². The molecule has 4 rings (SSSR count). The van der Waals surface area contributed by atoms with Crippen molar-refractivity contribution < 1.29 is 19.1 Å². The predicted molar refractivity (Wildman–Crippen MR) is 118 cm³/mol. The van der Waals surface area contributed by atoms with Crippen LogP contribution in [0.25, 0.3) is 0 Å². The lowest BCUT2D eigenvalue weighted by Gasteiger charge is -2.17. The van der Waals surface area contributed by atoms with E-state index >= 15 is 0 Å². The highest BCUT2D eigenvalue weighted by Gasteiger charge is 2.22. The molecular formula is C22H22N4O4S. The van der Waals surface area contributed by atoms with Gasteiger partial charge in [0.05, 0.1) is 24.4 Å². The summed E-state index contributed by atoms with van der Waals surface area (Å²) < 4.78 is 11.4. The highest BCUT2D eigenvalue weighted by atomic mass is 32.1. The Bertz CT molecular complexity index is 1110. The van der Waals surface area contributed by atoms with Crippen LogP contribution >= 0.6 is 11.3 Å². The van der Waals surface area contributed by atoms with Crippen LogP contribution in [0.3, 0.4) is 0 Å². The fraction of sp³-hybridized carbons (Fsp3) is 0.227. The second-order valence-corrected chi connectivity index (χ2v) is 8.09. The number of carbonyl (C=O) groups is 2. The molecule has 8 nitrogen and oxygen atoms in total. The highest BCUT2D eigenvalue weighted by Crippen LogP contribution is 2.36. The molecule has 1 aliphatic heterocycles. The monoisotopic (exact) mass is 438 g/mol. The maximum Gasteiger partial charge on any atom is 0.273 e. The van der Waals surface area contributed by atoms with Gasteiger partial charge in [0.2, 0.25) is 0 Å². The Morgan fingerprint density at radius 3 is 2.94 bits per heavy atom. The average Bonchev–Trinajstić information content (AvgIpc) is 3.15. The molecule has 31 heavy (non-hydrogen) atoms. The highest BCUT2D eigenvalue weighted by molar-refractivity contribution is 7.13. The molecule has 0 atom stereocenters. The zero-order valence-electron chi connectivity index (χ0n) is 17.0. The van der Waals surface area contributed by atoms with Gasteiger partial charge in [-0.25, -0.2) is 4.98 Å². The zero-order valence-corrected chi connectivity index (χ0v) is 17.8. The molecule has 160 valence electrons. The third-order valence-electron chi connectivity index (χ3n) is 4.67. The summed E-state index contributed by atoms with van der Waals surface area (Å²) in [7, 11) is 1.72. The van der Waals surface area contributed by atoms with Gasteiger partial charge in [0.15, 0.2) is 5.75 Å². The van der Waals surface area contributed by atoms with Gasteiger partial charge in [-0.3, -0.25) is 9.59 Å². The molecule has 2 amide bonds. The number of amides is 2. The Morgan fingerprint density at radius 2 is 2.10 bits per heavy atom. The van der Waals surface area contributed by atoms with Crippen LogP contribution in [0, 0.1) is 0 Å². The molecule has 0 spiro atoms. The van der Waals surface area contributed by atoms with Crippen molar-refractivity contribution in [2.45, 2.75) is 13.0 Å². The van der Waals surface area contributed by atoms with Gasteiger partial charge in [0.1, 0.15) is 5.75 Å². The maximum absolute atomic E-state index is 12.9. The van der Waals surface area contributed by atoms with Gasteiger partial charge in [0.25, 0.3) is 17.0 Å². The van der Waals surface area contributed by atoms with Crippen LogP contribution in [0.1, 0.15) is 32.0 Å². The molecule has 0 unspecified atom stereocenters. The lowest BCUT2D eigenvalue weighted by molar-refractivity contribution is 0.0786. The summed E-state index contributed by atoms with van der Waals surface area (Å²) in [6.45, 7) is 1.47. The van der Waals surface area contributed by atoms with E-state index in [0.29, 0.717) is 53.2 Å². The van der Waals surface area contributed by atoms with Crippen LogP contribution in [0.2, 0.25) is 0 Å². The third kappa shape index (κ3) is 4.68. The minimum absolute atomic E-state index is 0.183. The van der Waals surface area contributed by atoms with E-state index in [1.54, 1.807) is 60.6 Å².